The van der Waals surface area contributed by atoms with Gasteiger partial charge >= 0.3 is 0 Å². The molecule has 0 rings (SSSR count). The molecule has 0 aromatic carbocycles. The maximum atomic E-state index is 10.6. The summed E-state index contributed by atoms with van der Waals surface area (Å²) in [5.41, 5.74) is 0. The Morgan fingerprint density at radius 2 is 1.35 bits per heavy atom. The highest BCUT2D eigenvalue weighted by Crippen LogP contribution is 1.98. The van der Waals surface area contributed by atoms with E-state index in [2.05, 4.69) is 13.8 Å². The molecule has 0 fully saturated rings. The first-order valence-corrected chi connectivity index (χ1v) is 6.35. The summed E-state index contributed by atoms with van der Waals surface area (Å²) in [6, 6.07) is 0. The van der Waals surface area contributed by atoms with Crippen LogP contribution in [-0.4, -0.2) is 45.4 Å². The molecule has 0 bridgehead atoms. The molecular weight excluding hydrogens is 220 g/mol. The Morgan fingerprint density at radius 3 is 1.82 bits per heavy atom. The Hall–Kier alpha value is -0.450. The molecule has 0 saturated heterocycles. The van der Waals surface area contributed by atoms with E-state index in [1.54, 1.807) is 6.92 Å². The fraction of sp³-hybridized carbons (Fsp3) is 0.923. The van der Waals surface area contributed by atoms with Crippen LogP contribution in [0.5, 0.6) is 0 Å². The zero-order valence-electron chi connectivity index (χ0n) is 11.4. The Kier molecular flexibility index (Phi) is 11.7. The van der Waals surface area contributed by atoms with Gasteiger partial charge in [-0.25, -0.2) is 0 Å². The number of hydrogen-bond acceptors (Lipinski definition) is 4. The molecule has 0 spiro atoms. The molecule has 0 amide bonds. The van der Waals surface area contributed by atoms with Gasteiger partial charge in [-0.1, -0.05) is 13.8 Å². The average molecular weight is 246 g/mol. The Morgan fingerprint density at radius 1 is 0.882 bits per heavy atom. The molecule has 0 atom stereocenters. The smallest absolute Gasteiger partial charge is 0.132 e. The van der Waals surface area contributed by atoms with Gasteiger partial charge in [-0.2, -0.15) is 0 Å². The topological polar surface area (TPSA) is 44.8 Å². The van der Waals surface area contributed by atoms with Crippen LogP contribution in [0.25, 0.3) is 0 Å². The quantitative estimate of drug-likeness (QED) is 0.494. The van der Waals surface area contributed by atoms with E-state index in [1.807, 2.05) is 0 Å². The van der Waals surface area contributed by atoms with Gasteiger partial charge in [0.05, 0.1) is 33.0 Å². The molecule has 0 heterocycles. The summed E-state index contributed by atoms with van der Waals surface area (Å²) in [6.07, 6.45) is 1.58. The van der Waals surface area contributed by atoms with Crippen molar-refractivity contribution < 1.29 is 19.0 Å². The monoisotopic (exact) mass is 246 g/mol. The number of ketones is 1. The normalized spacial score (nSPS) is 11.1. The zero-order chi connectivity index (χ0) is 12.9. The van der Waals surface area contributed by atoms with Crippen molar-refractivity contribution in [3.8, 4) is 0 Å². The minimum atomic E-state index is 0.157. The first-order valence-electron chi connectivity index (χ1n) is 6.35. The van der Waals surface area contributed by atoms with E-state index in [4.69, 9.17) is 14.2 Å². The molecule has 0 aliphatic rings. The molecular formula is C13H26O4. The van der Waals surface area contributed by atoms with Crippen LogP contribution in [0, 0.1) is 5.92 Å². The molecule has 0 unspecified atom stereocenters. The number of rotatable bonds is 12. The van der Waals surface area contributed by atoms with Crippen LogP contribution in [0.3, 0.4) is 0 Å². The van der Waals surface area contributed by atoms with Crippen molar-refractivity contribution in [2.45, 2.75) is 33.6 Å². The molecule has 0 radical (unpaired) electrons. The molecule has 0 aromatic heterocycles. The molecule has 17 heavy (non-hydrogen) atoms. The summed E-state index contributed by atoms with van der Waals surface area (Å²) < 4.78 is 15.9. The van der Waals surface area contributed by atoms with E-state index in [1.165, 1.54) is 0 Å². The lowest BCUT2D eigenvalue weighted by Gasteiger charge is -2.07. The van der Waals surface area contributed by atoms with Crippen molar-refractivity contribution in [3.05, 3.63) is 0 Å². The third-order valence-corrected chi connectivity index (χ3v) is 2.18. The SMILES string of the molecule is CC(=O)CCOCCOCCOCCC(C)C. The lowest BCUT2D eigenvalue weighted by molar-refractivity contribution is -0.118. The average Bonchev–Trinajstić information content (AvgIpc) is 2.25. The van der Waals surface area contributed by atoms with Crippen LogP contribution >= 0.6 is 0 Å². The van der Waals surface area contributed by atoms with E-state index in [0.29, 0.717) is 45.4 Å². The Labute approximate surface area is 105 Å². The Bertz CT molecular complexity index is 180. The van der Waals surface area contributed by atoms with E-state index in [-0.39, 0.29) is 5.78 Å². The highest BCUT2D eigenvalue weighted by Gasteiger charge is 1.95. The number of hydrogen-bond donors (Lipinski definition) is 0. The molecule has 4 nitrogen and oxygen atoms in total. The fourth-order valence-corrected chi connectivity index (χ4v) is 1.08. The summed E-state index contributed by atoms with van der Waals surface area (Å²) in [7, 11) is 0. The van der Waals surface area contributed by atoms with Crippen molar-refractivity contribution in [1.29, 1.82) is 0 Å². The van der Waals surface area contributed by atoms with Crippen LogP contribution in [0.2, 0.25) is 0 Å². The lowest BCUT2D eigenvalue weighted by atomic mass is 10.1. The fourth-order valence-electron chi connectivity index (χ4n) is 1.08. The predicted molar refractivity (Wildman–Crippen MR) is 67.2 cm³/mol. The van der Waals surface area contributed by atoms with Crippen molar-refractivity contribution in [3.63, 3.8) is 0 Å². The number of Topliss-reactive ketones (excluding diaryl/α,β-unsaturated/α-hetero) is 1. The van der Waals surface area contributed by atoms with Crippen molar-refractivity contribution in [2.24, 2.45) is 5.92 Å². The second-order valence-electron chi connectivity index (χ2n) is 4.47. The second-order valence-corrected chi connectivity index (χ2v) is 4.47. The largest absolute Gasteiger partial charge is 0.379 e. The summed E-state index contributed by atoms with van der Waals surface area (Å²) >= 11 is 0. The third kappa shape index (κ3) is 15.5. The molecule has 0 aromatic rings. The minimum absolute atomic E-state index is 0.157. The highest BCUT2D eigenvalue weighted by atomic mass is 16.5. The van der Waals surface area contributed by atoms with E-state index < -0.39 is 0 Å². The molecule has 0 aliphatic carbocycles. The van der Waals surface area contributed by atoms with Crippen LogP contribution < -0.4 is 0 Å². The summed E-state index contributed by atoms with van der Waals surface area (Å²) in [5.74, 6) is 0.843. The summed E-state index contributed by atoms with van der Waals surface area (Å²) in [6.45, 7) is 9.56. The van der Waals surface area contributed by atoms with Gasteiger partial charge in [0.1, 0.15) is 5.78 Å². The highest BCUT2D eigenvalue weighted by molar-refractivity contribution is 5.75. The second kappa shape index (κ2) is 12.0. The number of ether oxygens (including phenoxy) is 3. The van der Waals surface area contributed by atoms with Crippen LogP contribution in [0.1, 0.15) is 33.6 Å². The van der Waals surface area contributed by atoms with Gasteiger partial charge in [-0.05, 0) is 19.3 Å². The van der Waals surface area contributed by atoms with E-state index >= 15 is 0 Å². The van der Waals surface area contributed by atoms with E-state index in [9.17, 15) is 4.79 Å². The van der Waals surface area contributed by atoms with Crippen molar-refractivity contribution >= 4 is 5.78 Å². The first kappa shape index (κ1) is 16.6. The van der Waals surface area contributed by atoms with Crippen LogP contribution in [-0.2, 0) is 19.0 Å². The zero-order valence-corrected chi connectivity index (χ0v) is 11.4. The summed E-state index contributed by atoms with van der Waals surface area (Å²) in [4.78, 5) is 10.6. The molecule has 0 N–H and O–H groups in total. The minimum Gasteiger partial charge on any atom is -0.379 e. The van der Waals surface area contributed by atoms with Gasteiger partial charge in [0.25, 0.3) is 0 Å². The van der Waals surface area contributed by atoms with Gasteiger partial charge in [0.15, 0.2) is 0 Å². The number of carbonyl (C=O) groups excluding carboxylic acids is 1. The van der Waals surface area contributed by atoms with Gasteiger partial charge in [-0.15, -0.1) is 0 Å². The summed E-state index contributed by atoms with van der Waals surface area (Å²) in [5, 5.41) is 0. The van der Waals surface area contributed by atoms with E-state index in [0.717, 1.165) is 13.0 Å². The molecule has 4 heteroatoms. The molecule has 102 valence electrons. The van der Waals surface area contributed by atoms with Gasteiger partial charge < -0.3 is 14.2 Å². The standard InChI is InChI=1S/C13H26O4/c1-12(2)4-6-15-8-10-17-11-9-16-7-5-13(3)14/h12H,4-11H2,1-3H3. The van der Waals surface area contributed by atoms with Crippen molar-refractivity contribution in [1.82, 2.24) is 0 Å². The van der Waals surface area contributed by atoms with Gasteiger partial charge in [-0.3, -0.25) is 4.79 Å². The van der Waals surface area contributed by atoms with Gasteiger partial charge in [0.2, 0.25) is 0 Å². The Balaban J connectivity index is 2.96. The van der Waals surface area contributed by atoms with Crippen LogP contribution in [0.15, 0.2) is 0 Å². The maximum absolute atomic E-state index is 10.6. The third-order valence-electron chi connectivity index (χ3n) is 2.18. The predicted octanol–water partition coefficient (Wildman–Crippen LogP) is 2.06. The van der Waals surface area contributed by atoms with Crippen molar-refractivity contribution in [2.75, 3.05) is 39.6 Å². The number of carbonyl (C=O) groups is 1. The van der Waals surface area contributed by atoms with Crippen LogP contribution in [0.4, 0.5) is 0 Å². The first-order chi connectivity index (χ1) is 8.13. The van der Waals surface area contributed by atoms with Gasteiger partial charge in [0, 0.05) is 13.0 Å². The molecule has 0 aliphatic heterocycles. The maximum Gasteiger partial charge on any atom is 0.132 e. The lowest BCUT2D eigenvalue weighted by Crippen LogP contribution is -2.11. The molecule has 0 saturated carbocycles.